The molecule has 0 bridgehead atoms. The van der Waals surface area contributed by atoms with Crippen molar-refractivity contribution in [2.75, 3.05) is 29.6 Å². The molecular weight excluding hydrogens is 352 g/mol. The number of rotatable bonds is 7. The second-order valence-corrected chi connectivity index (χ2v) is 7.99. The van der Waals surface area contributed by atoms with Crippen LogP contribution >= 0.6 is 0 Å². The first kappa shape index (κ1) is 19.8. The maximum absolute atomic E-state index is 12.7. The van der Waals surface area contributed by atoms with Gasteiger partial charge in [-0.15, -0.1) is 0 Å². The molecule has 2 aromatic carbocycles. The van der Waals surface area contributed by atoms with Crippen molar-refractivity contribution >= 4 is 27.3 Å². The average molecular weight is 376 g/mol. The number of hydrogen-bond acceptors (Lipinski definition) is 4. The smallest absolute Gasteiger partial charge is 0.267 e. The summed E-state index contributed by atoms with van der Waals surface area (Å²) in [6, 6.07) is 16.0. The Morgan fingerprint density at radius 2 is 1.58 bits per heavy atom. The summed E-state index contributed by atoms with van der Waals surface area (Å²) in [5.41, 5.74) is 1.32. The Bertz CT molecular complexity index is 836. The van der Waals surface area contributed by atoms with Crippen molar-refractivity contribution in [2.24, 2.45) is 0 Å². The molecule has 2 rings (SSSR count). The lowest BCUT2D eigenvalue weighted by atomic mass is 10.2. The minimum atomic E-state index is -3.32. The zero-order chi connectivity index (χ0) is 19.3. The van der Waals surface area contributed by atoms with E-state index in [4.69, 9.17) is 4.74 Å². The number of ether oxygens (including phenoxy) is 1. The predicted molar refractivity (Wildman–Crippen MR) is 104 cm³/mol. The summed E-state index contributed by atoms with van der Waals surface area (Å²) in [4.78, 5) is 14.3. The Kier molecular flexibility index (Phi) is 6.26. The van der Waals surface area contributed by atoms with Gasteiger partial charge in [-0.05, 0) is 42.8 Å². The maximum Gasteiger partial charge on any atom is 0.267 e. The van der Waals surface area contributed by atoms with Gasteiger partial charge in [0.05, 0.1) is 11.9 Å². The van der Waals surface area contributed by atoms with Crippen molar-refractivity contribution < 1.29 is 17.9 Å². The SMILES string of the molecule is CCC(Oc1ccc(N(C)S(C)(=O)=O)cc1)C(=O)N(C)c1ccccc1. The summed E-state index contributed by atoms with van der Waals surface area (Å²) >= 11 is 0. The van der Waals surface area contributed by atoms with E-state index in [1.165, 1.54) is 11.4 Å². The Morgan fingerprint density at radius 3 is 2.08 bits per heavy atom. The highest BCUT2D eigenvalue weighted by atomic mass is 32.2. The molecule has 7 heteroatoms. The van der Waals surface area contributed by atoms with Gasteiger partial charge in [-0.2, -0.15) is 0 Å². The highest BCUT2D eigenvalue weighted by Gasteiger charge is 2.23. The number of benzene rings is 2. The van der Waals surface area contributed by atoms with Crippen LogP contribution in [0.5, 0.6) is 5.75 Å². The molecule has 6 nitrogen and oxygen atoms in total. The Hall–Kier alpha value is -2.54. The van der Waals surface area contributed by atoms with E-state index in [2.05, 4.69) is 0 Å². The molecular formula is C19H24N2O4S. The summed E-state index contributed by atoms with van der Waals surface area (Å²) in [6.45, 7) is 1.88. The van der Waals surface area contributed by atoms with Crippen LogP contribution in [0.1, 0.15) is 13.3 Å². The minimum absolute atomic E-state index is 0.143. The lowest BCUT2D eigenvalue weighted by Gasteiger charge is -2.24. The molecule has 140 valence electrons. The van der Waals surface area contributed by atoms with E-state index in [1.54, 1.807) is 36.2 Å². The van der Waals surface area contributed by atoms with E-state index in [9.17, 15) is 13.2 Å². The van der Waals surface area contributed by atoms with Crippen molar-refractivity contribution in [3.63, 3.8) is 0 Å². The zero-order valence-corrected chi connectivity index (χ0v) is 16.2. The van der Waals surface area contributed by atoms with Crippen LogP contribution in [0.4, 0.5) is 11.4 Å². The molecule has 0 aliphatic rings. The van der Waals surface area contributed by atoms with Crippen molar-refractivity contribution in [1.29, 1.82) is 0 Å². The van der Waals surface area contributed by atoms with Crippen LogP contribution in [-0.2, 0) is 14.8 Å². The summed E-state index contributed by atoms with van der Waals surface area (Å²) in [5, 5.41) is 0. The van der Waals surface area contributed by atoms with Gasteiger partial charge < -0.3 is 9.64 Å². The predicted octanol–water partition coefficient (Wildman–Crippen LogP) is 2.90. The molecule has 26 heavy (non-hydrogen) atoms. The van der Waals surface area contributed by atoms with Crippen LogP contribution in [0.2, 0.25) is 0 Å². The van der Waals surface area contributed by atoms with Crippen LogP contribution in [0.3, 0.4) is 0 Å². The van der Waals surface area contributed by atoms with E-state index >= 15 is 0 Å². The van der Waals surface area contributed by atoms with E-state index < -0.39 is 16.1 Å². The number of anilines is 2. The largest absolute Gasteiger partial charge is 0.481 e. The number of nitrogens with zero attached hydrogens (tertiary/aromatic N) is 2. The average Bonchev–Trinajstić information content (AvgIpc) is 2.64. The molecule has 0 fully saturated rings. The van der Waals surface area contributed by atoms with E-state index in [-0.39, 0.29) is 5.91 Å². The Morgan fingerprint density at radius 1 is 1.00 bits per heavy atom. The molecule has 1 unspecified atom stereocenters. The quantitative estimate of drug-likeness (QED) is 0.745. The van der Waals surface area contributed by atoms with E-state index in [0.29, 0.717) is 17.9 Å². The molecule has 0 aliphatic carbocycles. The molecule has 0 N–H and O–H groups in total. The number of hydrogen-bond donors (Lipinski definition) is 0. The van der Waals surface area contributed by atoms with Crippen LogP contribution in [0.25, 0.3) is 0 Å². The number of likely N-dealkylation sites (N-methyl/N-ethyl adjacent to an activating group) is 1. The third kappa shape index (κ3) is 4.76. The normalized spacial score (nSPS) is 12.3. The first-order valence-corrected chi connectivity index (χ1v) is 10.1. The van der Waals surface area contributed by atoms with Crippen molar-refractivity contribution in [3.8, 4) is 5.75 Å². The Balaban J connectivity index is 2.11. The summed E-state index contributed by atoms with van der Waals surface area (Å²) < 4.78 is 30.2. The molecule has 2 aromatic rings. The van der Waals surface area contributed by atoms with Crippen molar-refractivity contribution in [1.82, 2.24) is 0 Å². The van der Waals surface area contributed by atoms with Gasteiger partial charge in [0.1, 0.15) is 5.75 Å². The third-order valence-electron chi connectivity index (χ3n) is 4.10. The fraction of sp³-hybridized carbons (Fsp3) is 0.316. The molecule has 0 heterocycles. The van der Waals surface area contributed by atoms with Gasteiger partial charge in [-0.1, -0.05) is 25.1 Å². The molecule has 0 saturated heterocycles. The molecule has 0 saturated carbocycles. The molecule has 1 amide bonds. The number of para-hydroxylation sites is 1. The van der Waals surface area contributed by atoms with Gasteiger partial charge in [-0.25, -0.2) is 8.42 Å². The highest BCUT2D eigenvalue weighted by Crippen LogP contribution is 2.22. The van der Waals surface area contributed by atoms with Crippen LogP contribution in [0, 0.1) is 0 Å². The van der Waals surface area contributed by atoms with Crippen LogP contribution in [-0.4, -0.2) is 40.8 Å². The number of amides is 1. The summed E-state index contributed by atoms with van der Waals surface area (Å²) in [6.07, 6.45) is 1.03. The van der Waals surface area contributed by atoms with Crippen LogP contribution < -0.4 is 13.9 Å². The number of carbonyl (C=O) groups is 1. The van der Waals surface area contributed by atoms with Gasteiger partial charge in [-0.3, -0.25) is 9.10 Å². The van der Waals surface area contributed by atoms with Gasteiger partial charge >= 0.3 is 0 Å². The second kappa shape index (κ2) is 8.23. The first-order chi connectivity index (χ1) is 12.2. The van der Waals surface area contributed by atoms with Crippen molar-refractivity contribution in [3.05, 3.63) is 54.6 Å². The molecule has 0 aromatic heterocycles. The Labute approximate surface area is 155 Å². The number of sulfonamides is 1. The maximum atomic E-state index is 12.7. The zero-order valence-electron chi connectivity index (χ0n) is 15.4. The minimum Gasteiger partial charge on any atom is -0.481 e. The van der Waals surface area contributed by atoms with Gasteiger partial charge in [0.25, 0.3) is 5.91 Å². The van der Waals surface area contributed by atoms with Crippen LogP contribution in [0.15, 0.2) is 54.6 Å². The highest BCUT2D eigenvalue weighted by molar-refractivity contribution is 7.92. The number of carbonyl (C=O) groups excluding carboxylic acids is 1. The third-order valence-corrected chi connectivity index (χ3v) is 5.30. The molecule has 0 radical (unpaired) electrons. The van der Waals surface area contributed by atoms with E-state index in [1.807, 2.05) is 37.3 Å². The lowest BCUT2D eigenvalue weighted by Crippen LogP contribution is -2.39. The second-order valence-electron chi connectivity index (χ2n) is 5.97. The standard InChI is InChI=1S/C19H24N2O4S/c1-5-18(19(22)20(2)15-9-7-6-8-10-15)25-17-13-11-16(12-14-17)21(3)26(4,23)24/h6-14,18H,5H2,1-4H3. The van der Waals surface area contributed by atoms with E-state index in [0.717, 1.165) is 11.9 Å². The molecule has 1 atom stereocenters. The fourth-order valence-electron chi connectivity index (χ4n) is 2.39. The monoisotopic (exact) mass is 376 g/mol. The van der Waals surface area contributed by atoms with Gasteiger partial charge in [0.15, 0.2) is 6.10 Å². The molecule has 0 spiro atoms. The fourth-order valence-corrected chi connectivity index (χ4v) is 2.90. The first-order valence-electron chi connectivity index (χ1n) is 8.27. The van der Waals surface area contributed by atoms with Crippen molar-refractivity contribution in [2.45, 2.75) is 19.4 Å². The van der Waals surface area contributed by atoms with Gasteiger partial charge in [0.2, 0.25) is 10.0 Å². The topological polar surface area (TPSA) is 66.9 Å². The summed E-state index contributed by atoms with van der Waals surface area (Å²) in [7, 11) is -0.119. The van der Waals surface area contributed by atoms with Gasteiger partial charge in [0, 0.05) is 19.8 Å². The molecule has 0 aliphatic heterocycles. The lowest BCUT2D eigenvalue weighted by molar-refractivity contribution is -0.125. The summed E-state index contributed by atoms with van der Waals surface area (Å²) in [5.74, 6) is 0.369.